The highest BCUT2D eigenvalue weighted by molar-refractivity contribution is 7.89. The van der Waals surface area contributed by atoms with E-state index >= 15 is 0 Å². The van der Waals surface area contributed by atoms with Crippen LogP contribution < -0.4 is 15.2 Å². The number of halogens is 2. The third-order valence-electron chi connectivity index (χ3n) is 9.35. The predicted octanol–water partition coefficient (Wildman–Crippen LogP) is 3.90. The van der Waals surface area contributed by atoms with Crippen LogP contribution in [0.5, 0.6) is 5.75 Å². The van der Waals surface area contributed by atoms with Crippen LogP contribution in [0.3, 0.4) is 0 Å². The number of para-hydroxylation sites is 1. The third-order valence-corrected chi connectivity index (χ3v) is 11.8. The Labute approximate surface area is 304 Å². The molecule has 0 bridgehead atoms. The second kappa shape index (κ2) is 16.1. The Kier molecular flexibility index (Phi) is 12.3. The van der Waals surface area contributed by atoms with Gasteiger partial charge in [-0.05, 0) is 90.0 Å². The molecule has 15 heteroatoms. The largest absolute Gasteiger partial charge is 0.487 e. The van der Waals surface area contributed by atoms with E-state index in [9.17, 15) is 18.0 Å². The molecule has 2 aliphatic rings. The number of nitrogens with two attached hydrogens (primary N) is 1. The van der Waals surface area contributed by atoms with E-state index in [1.165, 1.54) is 12.1 Å². The topological polar surface area (TPSA) is 147 Å². The van der Waals surface area contributed by atoms with E-state index in [0.717, 1.165) is 29.6 Å². The molecule has 2 amide bonds. The molecule has 2 aliphatic heterocycles. The van der Waals surface area contributed by atoms with Crippen molar-refractivity contribution in [3.63, 3.8) is 0 Å². The fourth-order valence-electron chi connectivity index (χ4n) is 6.55. The first-order valence-electron chi connectivity index (χ1n) is 16.8. The summed E-state index contributed by atoms with van der Waals surface area (Å²) in [4.78, 5) is 36.9. The van der Waals surface area contributed by atoms with Crippen LogP contribution in [0.15, 0.2) is 41.3 Å². The van der Waals surface area contributed by atoms with Crippen LogP contribution in [0.4, 0.5) is 0 Å². The number of ether oxygens (including phenoxy) is 2. The summed E-state index contributed by atoms with van der Waals surface area (Å²) in [6, 6.07) is 9.77. The molecule has 1 atom stereocenters. The number of amides is 2. The zero-order valence-corrected chi connectivity index (χ0v) is 31.3. The lowest BCUT2D eigenvalue weighted by Gasteiger charge is -2.43. The Morgan fingerprint density at radius 1 is 1.08 bits per heavy atom. The monoisotopic (exact) mass is 748 g/mol. The van der Waals surface area contributed by atoms with Crippen LogP contribution in [-0.2, 0) is 31.0 Å². The quantitative estimate of drug-likeness (QED) is 0.282. The maximum Gasteiger partial charge on any atom is 0.244 e. The molecule has 0 saturated carbocycles. The number of carbonyl (C=O) groups excluding carboxylic acids is 2. The lowest BCUT2D eigenvalue weighted by molar-refractivity contribution is -0.146. The van der Waals surface area contributed by atoms with Crippen molar-refractivity contribution in [3.05, 3.63) is 63.3 Å². The Balaban J connectivity index is 1.31. The zero-order chi connectivity index (χ0) is 36.2. The molecule has 272 valence electrons. The number of piperazine rings is 1. The fraction of sp³-hybridized carbons (Fsp3) is 0.514. The lowest BCUT2D eigenvalue weighted by Crippen LogP contribution is -2.64. The number of rotatable bonds is 12. The highest BCUT2D eigenvalue weighted by Gasteiger charge is 2.47. The molecule has 0 aliphatic carbocycles. The van der Waals surface area contributed by atoms with Gasteiger partial charge in [0.05, 0.1) is 11.1 Å². The summed E-state index contributed by atoms with van der Waals surface area (Å²) < 4.78 is 42.6. The van der Waals surface area contributed by atoms with E-state index in [-0.39, 0.29) is 78.1 Å². The maximum absolute atomic E-state index is 14.2. The van der Waals surface area contributed by atoms with Gasteiger partial charge in [0.25, 0.3) is 0 Å². The minimum Gasteiger partial charge on any atom is -0.487 e. The first kappa shape index (κ1) is 38.2. The number of hydrogen-bond acceptors (Lipinski definition) is 9. The van der Waals surface area contributed by atoms with Crippen molar-refractivity contribution in [2.24, 2.45) is 5.73 Å². The number of carbonyl (C=O) groups is 2. The summed E-state index contributed by atoms with van der Waals surface area (Å²) in [6.45, 7) is 6.14. The second-order valence-electron chi connectivity index (χ2n) is 13.3. The molecular formula is C35H46Cl2N6O6S. The number of sulfonamides is 1. The van der Waals surface area contributed by atoms with Gasteiger partial charge in [-0.3, -0.25) is 9.59 Å². The molecule has 3 N–H and O–H groups in total. The standard InChI is InChI=1S/C35H46Cl2N6O6S/c1-23-21-24(2)39-32-25(23)7-5-9-29(32)49-22-26-27(36)10-11-30(31(26)37)50(46,47)40-35(12-19-48-20-13-35)34(45)43-17-15-42(16-18-43)33(44)28(38)8-6-14-41(3)4/h5,7,9-11,21,28,40H,6,8,12-20,22,38H2,1-4H3/t28-/m0/s1. The summed E-state index contributed by atoms with van der Waals surface area (Å²) >= 11 is 13.3. The zero-order valence-electron chi connectivity index (χ0n) is 29.0. The molecule has 0 unspecified atom stereocenters. The second-order valence-corrected chi connectivity index (χ2v) is 15.8. The molecule has 3 heterocycles. The third kappa shape index (κ3) is 8.52. The molecule has 2 saturated heterocycles. The Morgan fingerprint density at radius 2 is 1.76 bits per heavy atom. The van der Waals surface area contributed by atoms with Crippen LogP contribution in [0.2, 0.25) is 10.0 Å². The van der Waals surface area contributed by atoms with Gasteiger partial charge in [-0.2, -0.15) is 4.72 Å². The fourth-order valence-corrected chi connectivity index (χ4v) is 8.85. The summed E-state index contributed by atoms with van der Waals surface area (Å²) in [7, 11) is -0.405. The number of pyridine rings is 1. The van der Waals surface area contributed by atoms with Crippen molar-refractivity contribution >= 4 is 55.9 Å². The molecule has 2 fully saturated rings. The molecule has 12 nitrogen and oxygen atoms in total. The first-order valence-corrected chi connectivity index (χ1v) is 19.0. The van der Waals surface area contributed by atoms with Gasteiger partial charge in [-0.15, -0.1) is 0 Å². The van der Waals surface area contributed by atoms with E-state index in [0.29, 0.717) is 30.8 Å². The van der Waals surface area contributed by atoms with E-state index < -0.39 is 21.6 Å². The number of nitrogens with one attached hydrogen (secondary N) is 1. The molecule has 2 aromatic carbocycles. The van der Waals surface area contributed by atoms with E-state index in [1.54, 1.807) is 15.9 Å². The lowest BCUT2D eigenvalue weighted by atomic mass is 9.89. The van der Waals surface area contributed by atoms with E-state index in [2.05, 4.69) is 9.71 Å². The van der Waals surface area contributed by atoms with Gasteiger partial charge in [-0.25, -0.2) is 13.4 Å². The number of nitrogens with zero attached hydrogens (tertiary/aromatic N) is 4. The van der Waals surface area contributed by atoms with Crippen LogP contribution >= 0.6 is 23.2 Å². The first-order chi connectivity index (χ1) is 23.7. The summed E-state index contributed by atoms with van der Waals surface area (Å²) in [5, 5.41) is 1.06. The summed E-state index contributed by atoms with van der Waals surface area (Å²) in [5.41, 5.74) is 7.58. The van der Waals surface area contributed by atoms with Crippen molar-refractivity contribution in [2.45, 2.75) is 62.6 Å². The molecule has 50 heavy (non-hydrogen) atoms. The molecule has 1 aromatic heterocycles. The highest BCUT2D eigenvalue weighted by atomic mass is 35.5. The average molecular weight is 750 g/mol. The van der Waals surface area contributed by atoms with Crippen molar-refractivity contribution in [1.82, 2.24) is 24.4 Å². The van der Waals surface area contributed by atoms with Crippen LogP contribution in [0.1, 0.15) is 42.5 Å². The van der Waals surface area contributed by atoms with Gasteiger partial charge < -0.3 is 29.9 Å². The average Bonchev–Trinajstić information content (AvgIpc) is 3.07. The van der Waals surface area contributed by atoms with Crippen molar-refractivity contribution in [3.8, 4) is 5.75 Å². The van der Waals surface area contributed by atoms with Crippen LogP contribution in [0.25, 0.3) is 10.9 Å². The minimum atomic E-state index is -4.35. The van der Waals surface area contributed by atoms with Crippen molar-refractivity contribution in [2.75, 3.05) is 60.0 Å². The van der Waals surface area contributed by atoms with Crippen LogP contribution in [0, 0.1) is 13.8 Å². The molecule has 0 radical (unpaired) electrons. The van der Waals surface area contributed by atoms with Gasteiger partial charge in [0.15, 0.2) is 0 Å². The highest BCUT2D eigenvalue weighted by Crippen LogP contribution is 2.35. The Hall–Kier alpha value is -3.04. The molecular weight excluding hydrogens is 703 g/mol. The van der Waals surface area contributed by atoms with Gasteiger partial charge in [0, 0.05) is 61.1 Å². The number of hydrogen-bond donors (Lipinski definition) is 2. The SMILES string of the molecule is Cc1cc(C)c2cccc(OCc3c(Cl)ccc(S(=O)(=O)NC4(C(=O)N5CCN(C(=O)[C@@H](N)CCCN(C)C)CC5)CCOCC4)c3Cl)c2n1. The number of benzene rings is 2. The molecule has 3 aromatic rings. The number of aryl methyl sites for hydroxylation is 2. The van der Waals surface area contributed by atoms with E-state index in [1.807, 2.05) is 51.0 Å². The normalized spacial score (nSPS) is 17.3. The predicted molar refractivity (Wildman–Crippen MR) is 194 cm³/mol. The van der Waals surface area contributed by atoms with Gasteiger partial charge in [0.2, 0.25) is 21.8 Å². The van der Waals surface area contributed by atoms with Crippen molar-refractivity contribution < 1.29 is 27.5 Å². The Bertz CT molecular complexity index is 1830. The van der Waals surface area contributed by atoms with Crippen LogP contribution in [-0.4, -0.2) is 112 Å². The minimum absolute atomic E-state index is 0.103. The van der Waals surface area contributed by atoms with Gasteiger partial charge in [-0.1, -0.05) is 35.3 Å². The molecule has 5 rings (SSSR count). The smallest absolute Gasteiger partial charge is 0.244 e. The van der Waals surface area contributed by atoms with Gasteiger partial charge >= 0.3 is 0 Å². The van der Waals surface area contributed by atoms with E-state index in [4.69, 9.17) is 38.4 Å². The molecule has 0 spiro atoms. The number of fused-ring (bicyclic) bond motifs is 1. The summed E-state index contributed by atoms with van der Waals surface area (Å²) in [6.07, 6.45) is 1.64. The number of aromatic nitrogens is 1. The Morgan fingerprint density at radius 3 is 2.44 bits per heavy atom. The maximum atomic E-state index is 14.2. The van der Waals surface area contributed by atoms with Gasteiger partial charge in [0.1, 0.15) is 28.3 Å². The van der Waals surface area contributed by atoms with Crippen molar-refractivity contribution in [1.29, 1.82) is 0 Å². The summed E-state index contributed by atoms with van der Waals surface area (Å²) in [5.74, 6) is -0.00133.